The van der Waals surface area contributed by atoms with Crippen LogP contribution in [0.2, 0.25) is 5.02 Å². The minimum atomic E-state index is -1.28. The SMILES string of the molecule is O=C(O)CC(CNC(=O)Nc1cccc(Cl)c1)C(=O)O. The summed E-state index contributed by atoms with van der Waals surface area (Å²) < 4.78 is 0. The standard InChI is InChI=1S/C12H13ClN2O5/c13-8-2-1-3-9(5-8)15-12(20)14-6-7(11(18)19)4-10(16)17/h1-3,5,7H,4,6H2,(H,16,17)(H,18,19)(H2,14,15,20). The van der Waals surface area contributed by atoms with Gasteiger partial charge >= 0.3 is 18.0 Å². The number of urea groups is 1. The molecule has 108 valence electrons. The lowest BCUT2D eigenvalue weighted by molar-refractivity contribution is -0.148. The van der Waals surface area contributed by atoms with Crippen LogP contribution in [0, 0.1) is 5.92 Å². The minimum absolute atomic E-state index is 0.284. The highest BCUT2D eigenvalue weighted by Crippen LogP contribution is 2.14. The van der Waals surface area contributed by atoms with Crippen molar-refractivity contribution in [3.05, 3.63) is 29.3 Å². The topological polar surface area (TPSA) is 116 Å². The van der Waals surface area contributed by atoms with E-state index in [-0.39, 0.29) is 6.54 Å². The van der Waals surface area contributed by atoms with Crippen molar-refractivity contribution in [2.45, 2.75) is 6.42 Å². The van der Waals surface area contributed by atoms with Crippen LogP contribution in [0.1, 0.15) is 6.42 Å². The van der Waals surface area contributed by atoms with Gasteiger partial charge in [-0.3, -0.25) is 9.59 Å². The van der Waals surface area contributed by atoms with E-state index in [2.05, 4.69) is 10.6 Å². The third-order valence-electron chi connectivity index (χ3n) is 2.36. The van der Waals surface area contributed by atoms with Crippen LogP contribution in [-0.2, 0) is 9.59 Å². The zero-order valence-corrected chi connectivity index (χ0v) is 11.1. The maximum absolute atomic E-state index is 11.5. The van der Waals surface area contributed by atoms with Crippen molar-refractivity contribution < 1.29 is 24.6 Å². The predicted molar refractivity (Wildman–Crippen MR) is 71.9 cm³/mol. The highest BCUT2D eigenvalue weighted by Gasteiger charge is 2.21. The van der Waals surface area contributed by atoms with Crippen LogP contribution in [-0.4, -0.2) is 34.7 Å². The third kappa shape index (κ3) is 5.57. The van der Waals surface area contributed by atoms with E-state index >= 15 is 0 Å². The fourth-order valence-electron chi connectivity index (χ4n) is 1.41. The Kier molecular flexibility index (Phi) is 5.79. The van der Waals surface area contributed by atoms with Crippen LogP contribution >= 0.6 is 11.6 Å². The maximum atomic E-state index is 11.5. The molecule has 1 aromatic rings. The van der Waals surface area contributed by atoms with Crippen LogP contribution in [0.3, 0.4) is 0 Å². The molecule has 0 saturated heterocycles. The lowest BCUT2D eigenvalue weighted by atomic mass is 10.1. The molecule has 0 heterocycles. The Hall–Kier alpha value is -2.28. The van der Waals surface area contributed by atoms with E-state index in [1.54, 1.807) is 18.2 Å². The van der Waals surface area contributed by atoms with Gasteiger partial charge in [0.15, 0.2) is 0 Å². The van der Waals surface area contributed by atoms with Crippen molar-refractivity contribution in [3.8, 4) is 0 Å². The zero-order chi connectivity index (χ0) is 15.1. The highest BCUT2D eigenvalue weighted by molar-refractivity contribution is 6.30. The number of halogens is 1. The fourth-order valence-corrected chi connectivity index (χ4v) is 1.61. The number of anilines is 1. The maximum Gasteiger partial charge on any atom is 0.319 e. The average molecular weight is 301 g/mol. The van der Waals surface area contributed by atoms with Gasteiger partial charge in [0.05, 0.1) is 12.3 Å². The molecule has 7 nitrogen and oxygen atoms in total. The Bertz CT molecular complexity index is 520. The number of carboxylic acids is 2. The number of rotatable bonds is 6. The van der Waals surface area contributed by atoms with Gasteiger partial charge < -0.3 is 20.8 Å². The highest BCUT2D eigenvalue weighted by atomic mass is 35.5. The van der Waals surface area contributed by atoms with Gasteiger partial charge in [0.25, 0.3) is 0 Å². The van der Waals surface area contributed by atoms with E-state index in [9.17, 15) is 14.4 Å². The summed E-state index contributed by atoms with van der Waals surface area (Å²) in [6.07, 6.45) is -0.563. The van der Waals surface area contributed by atoms with Crippen molar-refractivity contribution in [2.75, 3.05) is 11.9 Å². The van der Waals surface area contributed by atoms with Crippen LogP contribution in [0.25, 0.3) is 0 Å². The molecule has 2 amide bonds. The predicted octanol–water partition coefficient (Wildman–Crippen LogP) is 1.64. The number of hydrogen-bond donors (Lipinski definition) is 4. The van der Waals surface area contributed by atoms with E-state index in [0.717, 1.165) is 0 Å². The van der Waals surface area contributed by atoms with Gasteiger partial charge in [-0.2, -0.15) is 0 Å². The van der Waals surface area contributed by atoms with Crippen molar-refractivity contribution in [3.63, 3.8) is 0 Å². The van der Waals surface area contributed by atoms with E-state index in [1.807, 2.05) is 0 Å². The monoisotopic (exact) mass is 300 g/mol. The Morgan fingerprint density at radius 3 is 2.50 bits per heavy atom. The zero-order valence-electron chi connectivity index (χ0n) is 10.3. The van der Waals surface area contributed by atoms with Crippen LogP contribution in [0.15, 0.2) is 24.3 Å². The summed E-state index contributed by atoms with van der Waals surface area (Å²) in [4.78, 5) is 32.8. The number of amides is 2. The lowest BCUT2D eigenvalue weighted by Gasteiger charge is -2.12. The summed E-state index contributed by atoms with van der Waals surface area (Å²) >= 11 is 5.74. The Morgan fingerprint density at radius 1 is 1.25 bits per heavy atom. The Balaban J connectivity index is 2.49. The first-order chi connectivity index (χ1) is 9.38. The minimum Gasteiger partial charge on any atom is -0.481 e. The molecular formula is C12H13ClN2O5. The fraction of sp³-hybridized carbons (Fsp3) is 0.250. The largest absolute Gasteiger partial charge is 0.481 e. The van der Waals surface area contributed by atoms with E-state index < -0.39 is 30.3 Å². The second kappa shape index (κ2) is 7.34. The first kappa shape index (κ1) is 15.8. The van der Waals surface area contributed by atoms with Crippen LogP contribution < -0.4 is 10.6 Å². The van der Waals surface area contributed by atoms with Crippen molar-refractivity contribution >= 4 is 35.3 Å². The molecule has 1 atom stereocenters. The summed E-state index contributed by atoms with van der Waals surface area (Å²) in [5.41, 5.74) is 0.445. The van der Waals surface area contributed by atoms with E-state index in [4.69, 9.17) is 21.8 Å². The molecule has 0 radical (unpaired) electrons. The molecule has 8 heteroatoms. The van der Waals surface area contributed by atoms with E-state index in [0.29, 0.717) is 10.7 Å². The molecule has 0 aliphatic carbocycles. The van der Waals surface area contributed by atoms with E-state index in [1.165, 1.54) is 6.07 Å². The number of carbonyl (C=O) groups is 3. The van der Waals surface area contributed by atoms with Crippen LogP contribution in [0.5, 0.6) is 0 Å². The molecule has 0 saturated carbocycles. The first-order valence-electron chi connectivity index (χ1n) is 5.63. The number of benzene rings is 1. The summed E-state index contributed by atoms with van der Waals surface area (Å²) in [7, 11) is 0. The Labute approximate surface area is 119 Å². The van der Waals surface area contributed by atoms with Crippen molar-refractivity contribution in [2.24, 2.45) is 5.92 Å². The van der Waals surface area contributed by atoms with Gasteiger partial charge in [0.1, 0.15) is 0 Å². The van der Waals surface area contributed by atoms with Crippen molar-refractivity contribution in [1.29, 1.82) is 0 Å². The molecule has 0 aromatic heterocycles. The molecular weight excluding hydrogens is 288 g/mol. The number of hydrogen-bond acceptors (Lipinski definition) is 3. The first-order valence-corrected chi connectivity index (χ1v) is 6.01. The quantitative estimate of drug-likeness (QED) is 0.637. The second-order valence-corrected chi connectivity index (χ2v) is 4.41. The van der Waals surface area contributed by atoms with Gasteiger partial charge in [-0.15, -0.1) is 0 Å². The average Bonchev–Trinajstić information content (AvgIpc) is 2.33. The molecule has 1 unspecified atom stereocenters. The molecule has 4 N–H and O–H groups in total. The molecule has 1 aromatic carbocycles. The summed E-state index contributed by atoms with van der Waals surface area (Å²) in [6, 6.07) is 5.77. The van der Waals surface area contributed by atoms with Gasteiger partial charge in [-0.25, -0.2) is 4.79 Å². The van der Waals surface area contributed by atoms with Gasteiger partial charge in [0, 0.05) is 17.3 Å². The normalized spacial score (nSPS) is 11.4. The smallest absolute Gasteiger partial charge is 0.319 e. The van der Waals surface area contributed by atoms with Gasteiger partial charge in [-0.1, -0.05) is 17.7 Å². The molecule has 20 heavy (non-hydrogen) atoms. The second-order valence-electron chi connectivity index (χ2n) is 3.98. The summed E-state index contributed by atoms with van der Waals surface area (Å²) in [5, 5.41) is 22.6. The van der Waals surface area contributed by atoms with Gasteiger partial charge in [-0.05, 0) is 18.2 Å². The van der Waals surface area contributed by atoms with Crippen molar-refractivity contribution in [1.82, 2.24) is 5.32 Å². The number of carboxylic acid groups (broad SMARTS) is 2. The third-order valence-corrected chi connectivity index (χ3v) is 2.60. The molecule has 1 rings (SSSR count). The lowest BCUT2D eigenvalue weighted by Crippen LogP contribution is -2.36. The molecule has 0 bridgehead atoms. The molecule has 0 aliphatic rings. The summed E-state index contributed by atoms with van der Waals surface area (Å²) in [5.74, 6) is -3.71. The number of carbonyl (C=O) groups excluding carboxylic acids is 1. The van der Waals surface area contributed by atoms with Crippen LogP contribution in [0.4, 0.5) is 10.5 Å². The molecule has 0 spiro atoms. The molecule has 0 fully saturated rings. The number of nitrogens with one attached hydrogen (secondary N) is 2. The Morgan fingerprint density at radius 2 is 1.95 bits per heavy atom. The van der Waals surface area contributed by atoms with Gasteiger partial charge in [0.2, 0.25) is 0 Å². The molecule has 0 aliphatic heterocycles. The number of aliphatic carboxylic acids is 2. The summed E-state index contributed by atoms with van der Waals surface area (Å²) in [6.45, 7) is -0.284.